The number of para-hydroxylation sites is 1. The Kier molecular flexibility index (Phi) is 2.37. The van der Waals surface area contributed by atoms with E-state index in [1.807, 2.05) is 12.1 Å². The molecule has 2 aliphatic rings. The van der Waals surface area contributed by atoms with Crippen LogP contribution in [0.3, 0.4) is 0 Å². The van der Waals surface area contributed by atoms with Gasteiger partial charge in [-0.1, -0.05) is 25.1 Å². The summed E-state index contributed by atoms with van der Waals surface area (Å²) in [5.74, 6) is 1.02. The summed E-state index contributed by atoms with van der Waals surface area (Å²) in [6.45, 7) is 5.74. The van der Waals surface area contributed by atoms with Crippen molar-refractivity contribution in [3.8, 4) is 5.75 Å². The van der Waals surface area contributed by atoms with E-state index in [1.165, 1.54) is 5.56 Å². The van der Waals surface area contributed by atoms with Crippen molar-refractivity contribution in [3.05, 3.63) is 29.8 Å². The first kappa shape index (κ1) is 10.1. The van der Waals surface area contributed by atoms with Gasteiger partial charge in [0.2, 0.25) is 0 Å². The predicted octanol–water partition coefficient (Wildman–Crippen LogP) is 1.75. The van der Waals surface area contributed by atoms with Crippen molar-refractivity contribution in [1.29, 1.82) is 0 Å². The Balaban J connectivity index is 1.65. The number of rotatable bonds is 3. The Morgan fingerprint density at radius 1 is 1.38 bits per heavy atom. The molecular weight excluding hydrogens is 202 g/mol. The van der Waals surface area contributed by atoms with Crippen LogP contribution in [0.1, 0.15) is 18.5 Å². The first-order valence-electron chi connectivity index (χ1n) is 5.80. The maximum Gasteiger partial charge on any atom is 0.124 e. The second-order valence-corrected chi connectivity index (χ2v) is 5.09. The van der Waals surface area contributed by atoms with Crippen molar-refractivity contribution in [2.24, 2.45) is 5.41 Å². The van der Waals surface area contributed by atoms with Gasteiger partial charge >= 0.3 is 0 Å². The summed E-state index contributed by atoms with van der Waals surface area (Å²) in [5.41, 5.74) is 1.60. The summed E-state index contributed by atoms with van der Waals surface area (Å²) in [4.78, 5) is 0. The first-order valence-corrected chi connectivity index (χ1v) is 5.80. The van der Waals surface area contributed by atoms with Crippen LogP contribution >= 0.6 is 0 Å². The molecule has 86 valence electrons. The molecule has 2 heterocycles. The van der Waals surface area contributed by atoms with Gasteiger partial charge in [0.05, 0.1) is 19.3 Å². The van der Waals surface area contributed by atoms with Gasteiger partial charge in [0.25, 0.3) is 0 Å². The molecule has 0 aliphatic carbocycles. The van der Waals surface area contributed by atoms with E-state index in [0.29, 0.717) is 11.5 Å². The number of benzene rings is 1. The van der Waals surface area contributed by atoms with Gasteiger partial charge < -0.3 is 14.8 Å². The molecular formula is C13H17NO2. The maximum absolute atomic E-state index is 5.63. The maximum atomic E-state index is 5.63. The van der Waals surface area contributed by atoms with Crippen LogP contribution in [0.4, 0.5) is 0 Å². The number of hydrogen-bond donors (Lipinski definition) is 1. The lowest BCUT2D eigenvalue weighted by Crippen LogP contribution is -2.48. The third-order valence-corrected chi connectivity index (χ3v) is 3.38. The minimum absolute atomic E-state index is 0.317. The van der Waals surface area contributed by atoms with Gasteiger partial charge in [-0.2, -0.15) is 0 Å². The van der Waals surface area contributed by atoms with E-state index in [9.17, 15) is 0 Å². The highest BCUT2D eigenvalue weighted by Gasteiger charge is 2.34. The van der Waals surface area contributed by atoms with E-state index in [-0.39, 0.29) is 0 Å². The number of hydrogen-bond acceptors (Lipinski definition) is 3. The molecule has 3 heteroatoms. The highest BCUT2D eigenvalue weighted by atomic mass is 16.5. The smallest absolute Gasteiger partial charge is 0.124 e. The number of fused-ring (bicyclic) bond motifs is 1. The number of ether oxygens (including phenoxy) is 2. The molecule has 0 amide bonds. The summed E-state index contributed by atoms with van der Waals surface area (Å²) >= 11 is 0. The van der Waals surface area contributed by atoms with Crippen molar-refractivity contribution < 1.29 is 9.47 Å². The molecule has 3 rings (SSSR count). The second-order valence-electron chi connectivity index (χ2n) is 5.09. The summed E-state index contributed by atoms with van der Waals surface area (Å²) in [6, 6.07) is 8.59. The lowest BCUT2D eigenvalue weighted by molar-refractivity contribution is -0.100. The lowest BCUT2D eigenvalue weighted by atomic mass is 9.88. The fourth-order valence-corrected chi connectivity index (χ4v) is 2.25. The second kappa shape index (κ2) is 3.75. The van der Waals surface area contributed by atoms with Crippen LogP contribution < -0.4 is 10.1 Å². The van der Waals surface area contributed by atoms with E-state index >= 15 is 0 Å². The third kappa shape index (κ3) is 1.70. The monoisotopic (exact) mass is 219 g/mol. The molecule has 1 atom stereocenters. The average Bonchev–Trinajstić information content (AvgIpc) is 2.67. The predicted molar refractivity (Wildman–Crippen MR) is 61.6 cm³/mol. The molecule has 1 saturated heterocycles. The summed E-state index contributed by atoms with van der Waals surface area (Å²) in [7, 11) is 0. The van der Waals surface area contributed by atoms with Crippen molar-refractivity contribution in [3.63, 3.8) is 0 Å². The molecule has 1 N–H and O–H groups in total. The normalized spacial score (nSPS) is 25.7. The minimum atomic E-state index is 0.317. The van der Waals surface area contributed by atoms with Gasteiger partial charge in [-0.15, -0.1) is 0 Å². The van der Waals surface area contributed by atoms with Gasteiger partial charge in [0, 0.05) is 17.5 Å². The van der Waals surface area contributed by atoms with Crippen LogP contribution in [-0.4, -0.2) is 26.4 Å². The molecule has 16 heavy (non-hydrogen) atoms. The van der Waals surface area contributed by atoms with E-state index in [4.69, 9.17) is 9.47 Å². The van der Waals surface area contributed by atoms with Crippen molar-refractivity contribution in [2.75, 3.05) is 26.4 Å². The molecule has 0 bridgehead atoms. The molecule has 1 aromatic rings. The Morgan fingerprint density at radius 3 is 2.94 bits per heavy atom. The Hall–Kier alpha value is -1.06. The molecule has 1 unspecified atom stereocenters. The van der Waals surface area contributed by atoms with Crippen LogP contribution in [0.2, 0.25) is 0 Å². The standard InChI is InChI=1S/C13H17NO2/c1-13(8-15-9-13)7-14-11-6-16-12-5-3-2-4-10(11)12/h2-5,11,14H,6-9H2,1H3. The molecule has 0 aromatic heterocycles. The van der Waals surface area contributed by atoms with Crippen molar-refractivity contribution in [2.45, 2.75) is 13.0 Å². The quantitative estimate of drug-likeness (QED) is 0.840. The highest BCUT2D eigenvalue weighted by molar-refractivity contribution is 5.39. The van der Waals surface area contributed by atoms with E-state index in [2.05, 4.69) is 24.4 Å². The molecule has 0 saturated carbocycles. The SMILES string of the molecule is CC1(CNC2COc3ccccc32)COC1. The summed E-state index contributed by atoms with van der Waals surface area (Å²) in [5, 5.41) is 3.58. The summed E-state index contributed by atoms with van der Waals surface area (Å²) in [6.07, 6.45) is 0. The lowest BCUT2D eigenvalue weighted by Gasteiger charge is -2.38. The molecule has 1 aromatic carbocycles. The van der Waals surface area contributed by atoms with Crippen LogP contribution in [0.15, 0.2) is 24.3 Å². The van der Waals surface area contributed by atoms with E-state index < -0.39 is 0 Å². The zero-order valence-corrected chi connectivity index (χ0v) is 9.53. The summed E-state index contributed by atoms with van der Waals surface area (Å²) < 4.78 is 10.9. The number of nitrogens with one attached hydrogen (secondary N) is 1. The molecule has 2 aliphatic heterocycles. The van der Waals surface area contributed by atoms with Crippen LogP contribution in [0.5, 0.6) is 5.75 Å². The highest BCUT2D eigenvalue weighted by Crippen LogP contribution is 2.33. The third-order valence-electron chi connectivity index (χ3n) is 3.38. The van der Waals surface area contributed by atoms with Gasteiger partial charge in [-0.3, -0.25) is 0 Å². The Bertz CT molecular complexity index is 387. The largest absolute Gasteiger partial charge is 0.491 e. The fraction of sp³-hybridized carbons (Fsp3) is 0.538. The zero-order valence-electron chi connectivity index (χ0n) is 9.53. The topological polar surface area (TPSA) is 30.5 Å². The zero-order chi connectivity index (χ0) is 11.0. The van der Waals surface area contributed by atoms with Crippen molar-refractivity contribution in [1.82, 2.24) is 5.32 Å². The van der Waals surface area contributed by atoms with Crippen molar-refractivity contribution >= 4 is 0 Å². The fourth-order valence-electron chi connectivity index (χ4n) is 2.25. The molecule has 0 radical (unpaired) electrons. The van der Waals surface area contributed by atoms with Crippen LogP contribution in [0.25, 0.3) is 0 Å². The van der Waals surface area contributed by atoms with Crippen LogP contribution in [-0.2, 0) is 4.74 Å². The van der Waals surface area contributed by atoms with Gasteiger partial charge in [-0.25, -0.2) is 0 Å². The van der Waals surface area contributed by atoms with E-state index in [0.717, 1.165) is 32.1 Å². The average molecular weight is 219 g/mol. The first-order chi connectivity index (χ1) is 7.77. The van der Waals surface area contributed by atoms with Crippen LogP contribution in [0, 0.1) is 5.41 Å². The van der Waals surface area contributed by atoms with Gasteiger partial charge in [-0.05, 0) is 6.07 Å². The van der Waals surface area contributed by atoms with E-state index in [1.54, 1.807) is 0 Å². The Labute approximate surface area is 95.8 Å². The molecule has 1 fully saturated rings. The molecule has 3 nitrogen and oxygen atoms in total. The molecule has 0 spiro atoms. The Morgan fingerprint density at radius 2 is 2.19 bits per heavy atom. The van der Waals surface area contributed by atoms with Gasteiger partial charge in [0.15, 0.2) is 0 Å². The van der Waals surface area contributed by atoms with Gasteiger partial charge in [0.1, 0.15) is 12.4 Å². The minimum Gasteiger partial charge on any atom is -0.491 e.